The SMILES string of the molecule is CO[C@@H]1CN(C)C(=O)c2ccc(NS(=O)(=O)CC(F)(F)F)cc2OC[C@H](C)N(Cc2nccs2)C[C@H]1C. The Kier molecular flexibility index (Phi) is 9.42. The third-order valence-electron chi connectivity index (χ3n) is 6.02. The highest BCUT2D eigenvalue weighted by atomic mass is 32.2. The van der Waals surface area contributed by atoms with E-state index in [1.807, 2.05) is 23.9 Å². The number of rotatable bonds is 6. The summed E-state index contributed by atoms with van der Waals surface area (Å²) in [6.07, 6.45) is -3.43. The van der Waals surface area contributed by atoms with Gasteiger partial charge in [0.2, 0.25) is 10.0 Å². The van der Waals surface area contributed by atoms with Crippen molar-refractivity contribution in [2.75, 3.05) is 44.3 Å². The van der Waals surface area contributed by atoms with Crippen LogP contribution in [0.3, 0.4) is 0 Å². The molecule has 9 nitrogen and oxygen atoms in total. The summed E-state index contributed by atoms with van der Waals surface area (Å²) in [5.74, 6) is -2.29. The van der Waals surface area contributed by atoms with Gasteiger partial charge in [-0.1, -0.05) is 6.92 Å². The number of anilines is 1. The van der Waals surface area contributed by atoms with Gasteiger partial charge in [0.1, 0.15) is 17.4 Å². The summed E-state index contributed by atoms with van der Waals surface area (Å²) in [5.41, 5.74) is 0.0178. The molecule has 1 N–H and O–H groups in total. The van der Waals surface area contributed by atoms with Crippen molar-refractivity contribution in [2.24, 2.45) is 5.92 Å². The van der Waals surface area contributed by atoms with E-state index in [2.05, 4.69) is 9.88 Å². The molecule has 3 rings (SSSR count). The molecule has 2 aromatic rings. The van der Waals surface area contributed by atoms with Crippen molar-refractivity contribution in [1.29, 1.82) is 0 Å². The van der Waals surface area contributed by atoms with Crippen LogP contribution < -0.4 is 9.46 Å². The second-order valence-corrected chi connectivity index (χ2v) is 11.8. The standard InChI is InChI=1S/C23H31F3N4O5S2/c1-15-10-30(12-21-27-7-8-36-21)16(2)13-35-19-9-17(28-37(32,33)14-23(24,25)26)5-6-18(19)22(31)29(3)11-20(15)34-4/h5-9,15-16,20,28H,10-14H2,1-4H3/t15-,16+,20-/m1/s1. The molecule has 37 heavy (non-hydrogen) atoms. The van der Waals surface area contributed by atoms with Crippen LogP contribution in [0.1, 0.15) is 29.2 Å². The smallest absolute Gasteiger partial charge is 0.404 e. The van der Waals surface area contributed by atoms with Gasteiger partial charge >= 0.3 is 6.18 Å². The van der Waals surface area contributed by atoms with Crippen LogP contribution in [-0.2, 0) is 21.3 Å². The maximum Gasteiger partial charge on any atom is 0.404 e. The van der Waals surface area contributed by atoms with Gasteiger partial charge in [0.05, 0.1) is 23.9 Å². The zero-order chi connectivity index (χ0) is 27.4. The van der Waals surface area contributed by atoms with Gasteiger partial charge in [0.25, 0.3) is 5.91 Å². The minimum atomic E-state index is -4.90. The molecule has 0 saturated heterocycles. The molecule has 1 aliphatic rings. The van der Waals surface area contributed by atoms with Crippen molar-refractivity contribution in [3.8, 4) is 5.75 Å². The predicted octanol–water partition coefficient (Wildman–Crippen LogP) is 3.45. The topological polar surface area (TPSA) is 101 Å². The number of nitrogens with zero attached hydrogens (tertiary/aromatic N) is 3. The number of ether oxygens (including phenoxy) is 2. The number of sulfonamides is 1. The lowest BCUT2D eigenvalue weighted by molar-refractivity contribution is -0.106. The van der Waals surface area contributed by atoms with Gasteiger partial charge in [-0.25, -0.2) is 13.4 Å². The zero-order valence-electron chi connectivity index (χ0n) is 21.0. The highest BCUT2D eigenvalue weighted by Crippen LogP contribution is 2.28. The van der Waals surface area contributed by atoms with Crippen LogP contribution in [0, 0.1) is 5.92 Å². The summed E-state index contributed by atoms with van der Waals surface area (Å²) in [6, 6.07) is 3.67. The van der Waals surface area contributed by atoms with Crippen molar-refractivity contribution in [2.45, 2.75) is 38.7 Å². The van der Waals surface area contributed by atoms with Gasteiger partial charge in [-0.3, -0.25) is 14.4 Å². The number of likely N-dealkylation sites (N-methyl/N-ethyl adjacent to an activating group) is 1. The first-order chi connectivity index (χ1) is 17.3. The van der Waals surface area contributed by atoms with Gasteiger partial charge < -0.3 is 14.4 Å². The molecular formula is C23H31F3N4O5S2. The summed E-state index contributed by atoms with van der Waals surface area (Å²) in [7, 11) is -1.49. The van der Waals surface area contributed by atoms with Gasteiger partial charge in [0.15, 0.2) is 5.75 Å². The van der Waals surface area contributed by atoms with Crippen LogP contribution in [0.15, 0.2) is 29.8 Å². The van der Waals surface area contributed by atoms with E-state index < -0.39 is 22.0 Å². The molecular weight excluding hydrogens is 533 g/mol. The van der Waals surface area contributed by atoms with Crippen molar-refractivity contribution in [3.05, 3.63) is 40.3 Å². The highest BCUT2D eigenvalue weighted by molar-refractivity contribution is 7.92. The molecule has 0 spiro atoms. The number of hydrogen-bond acceptors (Lipinski definition) is 8. The number of hydrogen-bond donors (Lipinski definition) is 1. The van der Waals surface area contributed by atoms with Crippen LogP contribution >= 0.6 is 11.3 Å². The van der Waals surface area contributed by atoms with Crippen LogP contribution in [-0.4, -0.2) is 87.0 Å². The molecule has 2 heterocycles. The second kappa shape index (κ2) is 12.0. The highest BCUT2D eigenvalue weighted by Gasteiger charge is 2.35. The fourth-order valence-electron chi connectivity index (χ4n) is 4.07. The Morgan fingerprint density at radius 1 is 1.27 bits per heavy atom. The molecule has 14 heteroatoms. The van der Waals surface area contributed by atoms with Crippen LogP contribution in [0.5, 0.6) is 5.75 Å². The van der Waals surface area contributed by atoms with E-state index >= 15 is 0 Å². The number of methoxy groups -OCH3 is 1. The quantitative estimate of drug-likeness (QED) is 0.574. The summed E-state index contributed by atoms with van der Waals surface area (Å²) in [6.45, 7) is 5.63. The van der Waals surface area contributed by atoms with Crippen LogP contribution in [0.2, 0.25) is 0 Å². The van der Waals surface area contributed by atoms with Crippen LogP contribution in [0.25, 0.3) is 0 Å². The average Bonchev–Trinajstić information content (AvgIpc) is 3.30. The Bertz CT molecular complexity index is 1160. The second-order valence-electron chi connectivity index (χ2n) is 9.14. The normalized spacial score (nSPS) is 22.5. The molecule has 0 aliphatic carbocycles. The third-order valence-corrected chi connectivity index (χ3v) is 8.04. The van der Waals surface area contributed by atoms with Gasteiger partial charge in [0, 0.05) is 50.9 Å². The lowest BCUT2D eigenvalue weighted by Gasteiger charge is -2.35. The first-order valence-electron chi connectivity index (χ1n) is 11.5. The largest absolute Gasteiger partial charge is 0.491 e. The van der Waals surface area contributed by atoms with Gasteiger partial charge in [-0.2, -0.15) is 13.2 Å². The first kappa shape index (κ1) is 29.1. The maximum atomic E-state index is 13.2. The zero-order valence-corrected chi connectivity index (χ0v) is 22.6. The summed E-state index contributed by atoms with van der Waals surface area (Å²) < 4.78 is 75.6. The molecule has 0 saturated carbocycles. The molecule has 3 atom stereocenters. The van der Waals surface area contributed by atoms with E-state index in [0.29, 0.717) is 13.1 Å². The molecule has 1 aromatic heterocycles. The molecule has 0 unspecified atom stereocenters. The number of halogens is 3. The Hall–Kier alpha value is -2.42. The number of alkyl halides is 3. The van der Waals surface area contributed by atoms with Crippen molar-refractivity contribution >= 4 is 33.0 Å². The number of nitrogens with one attached hydrogen (secondary N) is 1. The molecule has 1 aromatic carbocycles. The van der Waals surface area contributed by atoms with E-state index in [0.717, 1.165) is 5.01 Å². The number of aromatic nitrogens is 1. The number of carbonyl (C=O) groups is 1. The fourth-order valence-corrected chi connectivity index (χ4v) is 5.70. The number of amides is 1. The lowest BCUT2D eigenvalue weighted by atomic mass is 10.0. The van der Waals surface area contributed by atoms with Gasteiger partial charge in [-0.15, -0.1) is 11.3 Å². The Morgan fingerprint density at radius 3 is 2.62 bits per heavy atom. The van der Waals surface area contributed by atoms with Crippen molar-refractivity contribution in [1.82, 2.24) is 14.8 Å². The van der Waals surface area contributed by atoms with Gasteiger partial charge in [-0.05, 0) is 25.0 Å². The minimum absolute atomic E-state index is 0.0620. The summed E-state index contributed by atoms with van der Waals surface area (Å²) in [5, 5.41) is 2.82. The Balaban J connectivity index is 1.94. The minimum Gasteiger partial charge on any atom is -0.491 e. The molecule has 206 valence electrons. The van der Waals surface area contributed by atoms with Crippen molar-refractivity contribution in [3.63, 3.8) is 0 Å². The summed E-state index contributed by atoms with van der Waals surface area (Å²) >= 11 is 1.53. The number of carbonyl (C=O) groups excluding carboxylic acids is 1. The lowest BCUT2D eigenvalue weighted by Crippen LogP contribution is -2.46. The molecule has 1 aliphatic heterocycles. The van der Waals surface area contributed by atoms with E-state index in [9.17, 15) is 26.4 Å². The Labute approximate surface area is 218 Å². The number of fused-ring (bicyclic) bond motifs is 1. The molecule has 0 fully saturated rings. The summed E-state index contributed by atoms with van der Waals surface area (Å²) in [4.78, 5) is 21.3. The average molecular weight is 565 g/mol. The number of benzene rings is 1. The van der Waals surface area contributed by atoms with E-state index in [1.165, 1.54) is 34.4 Å². The van der Waals surface area contributed by atoms with E-state index in [4.69, 9.17) is 9.47 Å². The first-order valence-corrected chi connectivity index (χ1v) is 14.1. The Morgan fingerprint density at radius 2 is 2.00 bits per heavy atom. The number of thiazole rings is 1. The fraction of sp³-hybridized carbons (Fsp3) is 0.565. The third kappa shape index (κ3) is 8.28. The van der Waals surface area contributed by atoms with Crippen molar-refractivity contribution < 1.29 is 35.9 Å². The van der Waals surface area contributed by atoms with E-state index in [-0.39, 0.29) is 54.1 Å². The van der Waals surface area contributed by atoms with Crippen LogP contribution in [0.4, 0.5) is 18.9 Å². The monoisotopic (exact) mass is 564 g/mol. The molecule has 0 bridgehead atoms. The molecule has 1 amide bonds. The molecule has 0 radical (unpaired) electrons. The van der Waals surface area contributed by atoms with E-state index in [1.54, 1.807) is 20.4 Å². The maximum absolute atomic E-state index is 13.2. The predicted molar refractivity (Wildman–Crippen MR) is 134 cm³/mol.